The van der Waals surface area contributed by atoms with Crippen molar-refractivity contribution in [1.29, 1.82) is 0 Å². The first kappa shape index (κ1) is 16.8. The highest BCUT2D eigenvalue weighted by molar-refractivity contribution is 6.27. The number of nitrogens with zero attached hydrogens (tertiary/aromatic N) is 1. The molecule has 0 radical (unpaired) electrons. The molecule has 2 amide bonds. The molecule has 1 heterocycles. The Morgan fingerprint density at radius 2 is 2.05 bits per heavy atom. The van der Waals surface area contributed by atoms with Crippen molar-refractivity contribution in [2.45, 2.75) is 45.2 Å². The summed E-state index contributed by atoms with van der Waals surface area (Å²) in [6.07, 6.45) is 1.59. The zero-order valence-electron chi connectivity index (χ0n) is 11.8. The van der Waals surface area contributed by atoms with Gasteiger partial charge in [0, 0.05) is 6.54 Å². The number of amides is 2. The lowest BCUT2D eigenvalue weighted by molar-refractivity contribution is -0.149. The van der Waals surface area contributed by atoms with Crippen LogP contribution in [0.15, 0.2) is 0 Å². The first-order valence-electron chi connectivity index (χ1n) is 6.75. The number of likely N-dealkylation sites (tertiary alicyclic amines) is 1. The Labute approximate surface area is 123 Å². The van der Waals surface area contributed by atoms with Crippen molar-refractivity contribution >= 4 is 29.4 Å². The van der Waals surface area contributed by atoms with Gasteiger partial charge < -0.3 is 15.3 Å². The second-order valence-electron chi connectivity index (χ2n) is 5.41. The van der Waals surface area contributed by atoms with Crippen molar-refractivity contribution in [3.63, 3.8) is 0 Å². The van der Waals surface area contributed by atoms with E-state index in [0.717, 1.165) is 0 Å². The van der Waals surface area contributed by atoms with Crippen molar-refractivity contribution in [2.75, 3.05) is 12.4 Å². The molecule has 1 saturated heterocycles. The van der Waals surface area contributed by atoms with Crippen molar-refractivity contribution in [2.24, 2.45) is 5.92 Å². The van der Waals surface area contributed by atoms with Crippen LogP contribution in [-0.2, 0) is 14.4 Å². The molecule has 114 valence electrons. The number of carboxylic acid groups (broad SMARTS) is 1. The Balaban J connectivity index is 2.80. The molecule has 0 aliphatic carbocycles. The van der Waals surface area contributed by atoms with E-state index in [4.69, 9.17) is 16.7 Å². The van der Waals surface area contributed by atoms with E-state index in [1.807, 2.05) is 13.8 Å². The minimum atomic E-state index is -0.997. The molecule has 0 spiro atoms. The van der Waals surface area contributed by atoms with Crippen LogP contribution in [0.25, 0.3) is 0 Å². The van der Waals surface area contributed by atoms with E-state index >= 15 is 0 Å². The van der Waals surface area contributed by atoms with Gasteiger partial charge in [0.1, 0.15) is 18.0 Å². The van der Waals surface area contributed by atoms with E-state index in [-0.39, 0.29) is 17.7 Å². The predicted octanol–water partition coefficient (Wildman–Crippen LogP) is 0.832. The number of aliphatic carboxylic acids is 1. The largest absolute Gasteiger partial charge is 0.480 e. The van der Waals surface area contributed by atoms with E-state index in [1.165, 1.54) is 4.90 Å². The van der Waals surface area contributed by atoms with E-state index in [1.54, 1.807) is 0 Å². The number of nitrogens with one attached hydrogen (secondary N) is 1. The van der Waals surface area contributed by atoms with Crippen LogP contribution >= 0.6 is 11.6 Å². The molecule has 0 saturated carbocycles. The molecule has 0 aromatic heterocycles. The van der Waals surface area contributed by atoms with Crippen LogP contribution in [0, 0.1) is 5.92 Å². The van der Waals surface area contributed by atoms with E-state index in [0.29, 0.717) is 25.8 Å². The maximum absolute atomic E-state index is 12.5. The number of carbonyl (C=O) groups excluding carboxylic acids is 2. The molecule has 6 nitrogen and oxygen atoms in total. The summed E-state index contributed by atoms with van der Waals surface area (Å²) >= 11 is 5.45. The lowest BCUT2D eigenvalue weighted by Gasteiger charge is -2.28. The maximum Gasteiger partial charge on any atom is 0.326 e. The molecular weight excluding hydrogens is 284 g/mol. The van der Waals surface area contributed by atoms with Gasteiger partial charge in [-0.05, 0) is 25.2 Å². The number of halogens is 1. The Morgan fingerprint density at radius 3 is 2.55 bits per heavy atom. The lowest BCUT2D eigenvalue weighted by Crippen LogP contribution is -2.52. The number of alkyl halides is 1. The minimum Gasteiger partial charge on any atom is -0.480 e. The third-order valence-electron chi connectivity index (χ3n) is 3.28. The lowest BCUT2D eigenvalue weighted by atomic mass is 10.0. The smallest absolute Gasteiger partial charge is 0.326 e. The van der Waals surface area contributed by atoms with Crippen LogP contribution in [-0.4, -0.2) is 52.3 Å². The standard InChI is InChI=1S/C13H21ClN2O4/c1-8(2)6-9(15-11(17)7-14)12(18)16-5-3-4-10(16)13(19)20/h8-10H,3-7H2,1-2H3,(H,15,17)(H,19,20)/t9-,10-/m0/s1. The quantitative estimate of drug-likeness (QED) is 0.712. The second kappa shape index (κ2) is 7.47. The van der Waals surface area contributed by atoms with Crippen LogP contribution in [0.2, 0.25) is 0 Å². The molecule has 0 aromatic rings. The number of hydrogen-bond acceptors (Lipinski definition) is 3. The number of rotatable bonds is 6. The molecule has 1 rings (SSSR count). The summed E-state index contributed by atoms with van der Waals surface area (Å²) in [5.41, 5.74) is 0. The number of carbonyl (C=O) groups is 3. The van der Waals surface area contributed by atoms with Crippen LogP contribution in [0.5, 0.6) is 0 Å². The van der Waals surface area contributed by atoms with Gasteiger partial charge in [-0.2, -0.15) is 0 Å². The molecular formula is C13H21ClN2O4. The predicted molar refractivity (Wildman–Crippen MR) is 74.5 cm³/mol. The molecule has 2 atom stereocenters. The van der Waals surface area contributed by atoms with Gasteiger partial charge in [-0.3, -0.25) is 9.59 Å². The van der Waals surface area contributed by atoms with E-state index < -0.39 is 24.0 Å². The average Bonchev–Trinajstić information content (AvgIpc) is 2.85. The Kier molecular flexibility index (Phi) is 6.26. The van der Waals surface area contributed by atoms with Crippen LogP contribution in [0.1, 0.15) is 33.1 Å². The summed E-state index contributed by atoms with van der Waals surface area (Å²) in [6, 6.07) is -1.49. The Bertz CT molecular complexity index is 387. The summed E-state index contributed by atoms with van der Waals surface area (Å²) in [5, 5.41) is 11.7. The molecule has 0 aromatic carbocycles. The Morgan fingerprint density at radius 1 is 1.40 bits per heavy atom. The molecule has 2 N–H and O–H groups in total. The average molecular weight is 305 g/mol. The highest BCUT2D eigenvalue weighted by Gasteiger charge is 2.37. The molecule has 1 aliphatic rings. The molecule has 1 fully saturated rings. The molecule has 20 heavy (non-hydrogen) atoms. The minimum absolute atomic E-state index is 0.199. The highest BCUT2D eigenvalue weighted by atomic mass is 35.5. The van der Waals surface area contributed by atoms with Gasteiger partial charge >= 0.3 is 5.97 Å². The fraction of sp³-hybridized carbons (Fsp3) is 0.769. The fourth-order valence-corrected chi connectivity index (χ4v) is 2.49. The second-order valence-corrected chi connectivity index (χ2v) is 5.68. The molecule has 1 aliphatic heterocycles. The van der Waals surface area contributed by atoms with Crippen molar-refractivity contribution in [3.05, 3.63) is 0 Å². The molecule has 0 unspecified atom stereocenters. The van der Waals surface area contributed by atoms with Crippen molar-refractivity contribution < 1.29 is 19.5 Å². The van der Waals surface area contributed by atoms with E-state index in [2.05, 4.69) is 5.32 Å². The van der Waals surface area contributed by atoms with Gasteiger partial charge in [0.15, 0.2) is 0 Å². The third kappa shape index (κ3) is 4.37. The van der Waals surface area contributed by atoms with Gasteiger partial charge in [-0.25, -0.2) is 4.79 Å². The summed E-state index contributed by atoms with van der Waals surface area (Å²) in [6.45, 7) is 4.29. The monoisotopic (exact) mass is 304 g/mol. The first-order valence-corrected chi connectivity index (χ1v) is 7.28. The van der Waals surface area contributed by atoms with Crippen molar-refractivity contribution in [3.8, 4) is 0 Å². The number of carboxylic acids is 1. The fourth-order valence-electron chi connectivity index (χ4n) is 2.41. The summed E-state index contributed by atoms with van der Waals surface area (Å²) in [4.78, 5) is 36.3. The molecule has 0 bridgehead atoms. The van der Waals surface area contributed by atoms with Gasteiger partial charge in [0.25, 0.3) is 0 Å². The topological polar surface area (TPSA) is 86.7 Å². The molecule has 7 heteroatoms. The van der Waals surface area contributed by atoms with Crippen LogP contribution < -0.4 is 5.32 Å². The first-order chi connectivity index (χ1) is 9.36. The highest BCUT2D eigenvalue weighted by Crippen LogP contribution is 2.20. The van der Waals surface area contributed by atoms with Gasteiger partial charge in [0.2, 0.25) is 11.8 Å². The summed E-state index contributed by atoms with van der Waals surface area (Å²) < 4.78 is 0. The SMILES string of the molecule is CC(C)C[C@H](NC(=O)CCl)C(=O)N1CCC[C@H]1C(=O)O. The Hall–Kier alpha value is -1.30. The summed E-state index contributed by atoms with van der Waals surface area (Å²) in [7, 11) is 0. The van der Waals surface area contributed by atoms with Gasteiger partial charge in [-0.1, -0.05) is 13.8 Å². The van der Waals surface area contributed by atoms with Crippen molar-refractivity contribution in [1.82, 2.24) is 10.2 Å². The van der Waals surface area contributed by atoms with Crippen LogP contribution in [0.4, 0.5) is 0 Å². The number of hydrogen-bond donors (Lipinski definition) is 2. The third-order valence-corrected chi connectivity index (χ3v) is 3.53. The zero-order chi connectivity index (χ0) is 15.3. The van der Waals surface area contributed by atoms with E-state index in [9.17, 15) is 14.4 Å². The zero-order valence-corrected chi connectivity index (χ0v) is 12.5. The van der Waals surface area contributed by atoms with Crippen LogP contribution in [0.3, 0.4) is 0 Å². The maximum atomic E-state index is 12.5. The van der Waals surface area contributed by atoms with Gasteiger partial charge in [0.05, 0.1) is 0 Å². The van der Waals surface area contributed by atoms with Gasteiger partial charge in [-0.15, -0.1) is 11.6 Å². The normalized spacial score (nSPS) is 20.0. The summed E-state index contributed by atoms with van der Waals surface area (Å²) in [5.74, 6) is -1.77.